The molecule has 0 radical (unpaired) electrons. The number of piperidine rings is 1. The molecule has 5 heteroatoms. The molecule has 0 saturated carbocycles. The lowest BCUT2D eigenvalue weighted by Gasteiger charge is -2.34. The molecule has 1 aromatic carbocycles. The molecule has 3 rings (SSSR count). The van der Waals surface area contributed by atoms with E-state index in [0.29, 0.717) is 0 Å². The van der Waals surface area contributed by atoms with Crippen LogP contribution in [0, 0.1) is 0 Å². The van der Waals surface area contributed by atoms with Gasteiger partial charge in [-0.15, -0.1) is 0 Å². The van der Waals surface area contributed by atoms with E-state index in [1.165, 1.54) is 5.56 Å². The van der Waals surface area contributed by atoms with E-state index in [1.54, 1.807) is 0 Å². The van der Waals surface area contributed by atoms with Crippen LogP contribution >= 0.6 is 0 Å². The molecule has 1 aliphatic rings. The Kier molecular flexibility index (Phi) is 5.66. The van der Waals surface area contributed by atoms with E-state index in [0.717, 1.165) is 43.9 Å². The molecule has 1 N–H and O–H groups in total. The minimum Gasteiger partial charge on any atom is -0.355 e. The van der Waals surface area contributed by atoms with E-state index >= 15 is 0 Å². The number of pyridine rings is 1. The van der Waals surface area contributed by atoms with E-state index in [-0.39, 0.29) is 11.9 Å². The molecule has 2 heterocycles. The largest absolute Gasteiger partial charge is 0.355 e. The van der Waals surface area contributed by atoms with Crippen LogP contribution in [0.5, 0.6) is 0 Å². The third-order valence-corrected chi connectivity index (χ3v) is 4.44. The maximum absolute atomic E-state index is 12.5. The molecule has 2 aromatic rings. The van der Waals surface area contributed by atoms with Crippen LogP contribution in [0.4, 0.5) is 5.82 Å². The van der Waals surface area contributed by atoms with Crippen LogP contribution in [-0.2, 0) is 6.54 Å². The summed E-state index contributed by atoms with van der Waals surface area (Å²) in [4.78, 5) is 21.3. The van der Waals surface area contributed by atoms with Gasteiger partial charge >= 0.3 is 0 Å². The highest BCUT2D eigenvalue weighted by Crippen LogP contribution is 2.17. The highest BCUT2D eigenvalue weighted by atomic mass is 16.1. The lowest BCUT2D eigenvalue weighted by molar-refractivity contribution is 0.0933. The highest BCUT2D eigenvalue weighted by molar-refractivity contribution is 5.94. The second-order valence-electron chi connectivity index (χ2n) is 6.88. The second-order valence-corrected chi connectivity index (χ2v) is 6.88. The van der Waals surface area contributed by atoms with Gasteiger partial charge in [0.15, 0.2) is 0 Å². The fourth-order valence-electron chi connectivity index (χ4n) is 3.24. The first-order chi connectivity index (χ1) is 12.1. The summed E-state index contributed by atoms with van der Waals surface area (Å²) in [6.07, 6.45) is 3.88. The van der Waals surface area contributed by atoms with Crippen molar-refractivity contribution >= 4 is 11.7 Å². The Bertz CT molecular complexity index is 685. The fraction of sp³-hybridized carbons (Fsp3) is 0.400. The first-order valence-corrected chi connectivity index (χ1v) is 8.82. The van der Waals surface area contributed by atoms with Crippen LogP contribution in [-0.4, -0.2) is 49.0 Å². The number of amides is 1. The molecule has 25 heavy (non-hydrogen) atoms. The smallest absolute Gasteiger partial charge is 0.251 e. The zero-order valence-electron chi connectivity index (χ0n) is 15.0. The van der Waals surface area contributed by atoms with Crippen LogP contribution in [0.15, 0.2) is 48.7 Å². The maximum Gasteiger partial charge on any atom is 0.251 e. The van der Waals surface area contributed by atoms with Gasteiger partial charge in [-0.3, -0.25) is 4.79 Å². The van der Waals surface area contributed by atoms with Crippen LogP contribution in [0.25, 0.3) is 0 Å². The average Bonchev–Trinajstić information content (AvgIpc) is 2.63. The van der Waals surface area contributed by atoms with E-state index in [4.69, 9.17) is 0 Å². The molecule has 0 unspecified atom stereocenters. The first kappa shape index (κ1) is 17.4. The molecule has 0 spiro atoms. The lowest BCUT2D eigenvalue weighted by atomic mass is 10.0. The van der Waals surface area contributed by atoms with Gasteiger partial charge in [0.05, 0.1) is 0 Å². The molecule has 1 aromatic heterocycles. The Morgan fingerprint density at radius 2 is 2.04 bits per heavy atom. The van der Waals surface area contributed by atoms with Gasteiger partial charge < -0.3 is 15.1 Å². The maximum atomic E-state index is 12.5. The summed E-state index contributed by atoms with van der Waals surface area (Å²) in [7, 11) is 4.08. The fourth-order valence-corrected chi connectivity index (χ4v) is 3.24. The minimum atomic E-state index is 0.00396. The van der Waals surface area contributed by atoms with Crippen LogP contribution in [0.2, 0.25) is 0 Å². The van der Waals surface area contributed by atoms with Gasteiger partial charge in [-0.2, -0.15) is 0 Å². The van der Waals surface area contributed by atoms with Gasteiger partial charge in [0.25, 0.3) is 5.91 Å². The summed E-state index contributed by atoms with van der Waals surface area (Å²) in [6.45, 7) is 2.67. The van der Waals surface area contributed by atoms with E-state index in [9.17, 15) is 4.79 Å². The van der Waals surface area contributed by atoms with Crippen molar-refractivity contribution in [1.82, 2.24) is 15.2 Å². The number of hydrogen-bond donors (Lipinski definition) is 1. The number of rotatable bonds is 5. The van der Waals surface area contributed by atoms with Gasteiger partial charge in [-0.25, -0.2) is 4.98 Å². The van der Waals surface area contributed by atoms with Crippen molar-refractivity contribution in [3.05, 3.63) is 59.8 Å². The Balaban J connectivity index is 1.58. The van der Waals surface area contributed by atoms with Crippen molar-refractivity contribution < 1.29 is 4.79 Å². The average molecular weight is 338 g/mol. The van der Waals surface area contributed by atoms with E-state index < -0.39 is 0 Å². The monoisotopic (exact) mass is 338 g/mol. The van der Waals surface area contributed by atoms with Crippen molar-refractivity contribution in [3.63, 3.8) is 0 Å². The summed E-state index contributed by atoms with van der Waals surface area (Å²) in [6, 6.07) is 14.0. The normalized spacial score (nSPS) is 17.6. The zero-order chi connectivity index (χ0) is 17.6. The van der Waals surface area contributed by atoms with Crippen LogP contribution in [0.1, 0.15) is 28.8 Å². The van der Waals surface area contributed by atoms with Crippen LogP contribution < -0.4 is 10.2 Å². The molecular weight excluding hydrogens is 312 g/mol. The van der Waals surface area contributed by atoms with Gasteiger partial charge in [0.2, 0.25) is 0 Å². The molecule has 0 aliphatic carbocycles. The minimum absolute atomic E-state index is 0.00396. The Labute approximate surface area is 149 Å². The Morgan fingerprint density at radius 3 is 2.72 bits per heavy atom. The van der Waals surface area contributed by atoms with Gasteiger partial charge in [0, 0.05) is 37.4 Å². The Morgan fingerprint density at radius 1 is 1.24 bits per heavy atom. The van der Waals surface area contributed by atoms with Crippen molar-refractivity contribution in [2.75, 3.05) is 32.1 Å². The van der Waals surface area contributed by atoms with E-state index in [1.807, 2.05) is 62.8 Å². The second kappa shape index (κ2) is 8.12. The number of hydrogen-bond acceptors (Lipinski definition) is 4. The lowest BCUT2D eigenvalue weighted by Crippen LogP contribution is -2.48. The third kappa shape index (κ3) is 4.79. The number of aromatic nitrogens is 1. The molecule has 0 bridgehead atoms. The molecule has 1 atom stereocenters. The molecule has 1 amide bonds. The molecular formula is C20H26N4O. The summed E-state index contributed by atoms with van der Waals surface area (Å²) in [5.74, 6) is 0.985. The molecule has 1 aliphatic heterocycles. The van der Waals surface area contributed by atoms with Crippen molar-refractivity contribution in [2.24, 2.45) is 0 Å². The van der Waals surface area contributed by atoms with Crippen LogP contribution in [0.3, 0.4) is 0 Å². The molecule has 132 valence electrons. The standard InChI is InChI=1S/C20H26N4O/c1-23(2)14-16-8-10-17(11-9-16)20(25)22-18-6-5-13-24(15-18)19-7-3-4-12-21-19/h3-4,7-12,18H,5-6,13-15H2,1-2H3,(H,22,25)/t18-/m1/s1. The third-order valence-electron chi connectivity index (χ3n) is 4.44. The quantitative estimate of drug-likeness (QED) is 0.910. The summed E-state index contributed by atoms with van der Waals surface area (Å²) < 4.78 is 0. The van der Waals surface area contributed by atoms with Gasteiger partial charge in [0.1, 0.15) is 5.82 Å². The molecule has 1 fully saturated rings. The number of carbonyl (C=O) groups is 1. The number of anilines is 1. The Hall–Kier alpha value is -2.40. The molecule has 5 nitrogen and oxygen atoms in total. The van der Waals surface area contributed by atoms with E-state index in [2.05, 4.69) is 20.1 Å². The first-order valence-electron chi connectivity index (χ1n) is 8.82. The van der Waals surface area contributed by atoms with Gasteiger partial charge in [-0.1, -0.05) is 18.2 Å². The van der Waals surface area contributed by atoms with Gasteiger partial charge in [-0.05, 0) is 56.8 Å². The zero-order valence-corrected chi connectivity index (χ0v) is 15.0. The predicted octanol–water partition coefficient (Wildman–Crippen LogP) is 2.54. The predicted molar refractivity (Wildman–Crippen MR) is 101 cm³/mol. The van der Waals surface area contributed by atoms with Crippen molar-refractivity contribution in [3.8, 4) is 0 Å². The SMILES string of the molecule is CN(C)Cc1ccc(C(=O)N[C@@H]2CCCN(c3ccccn3)C2)cc1. The molecule has 1 saturated heterocycles. The topological polar surface area (TPSA) is 48.5 Å². The summed E-state index contributed by atoms with van der Waals surface area (Å²) >= 11 is 0. The number of nitrogens with zero attached hydrogens (tertiary/aromatic N) is 3. The van der Waals surface area contributed by atoms with Crippen molar-refractivity contribution in [1.29, 1.82) is 0 Å². The number of nitrogens with one attached hydrogen (secondary N) is 1. The summed E-state index contributed by atoms with van der Waals surface area (Å²) in [5.41, 5.74) is 1.93. The van der Waals surface area contributed by atoms with Crippen molar-refractivity contribution in [2.45, 2.75) is 25.4 Å². The highest BCUT2D eigenvalue weighted by Gasteiger charge is 2.22. The number of carbonyl (C=O) groups excluding carboxylic acids is 1. The number of benzene rings is 1. The summed E-state index contributed by atoms with van der Waals surface area (Å²) in [5, 5.41) is 3.18.